The van der Waals surface area contributed by atoms with Crippen LogP contribution in [0, 0.1) is 0 Å². The zero-order valence-corrected chi connectivity index (χ0v) is 11.9. The molecule has 1 N–H and O–H groups in total. The fraction of sp³-hybridized carbons (Fsp3) is 0.357. The van der Waals surface area contributed by atoms with Crippen LogP contribution in [0.4, 0.5) is 6.01 Å². The predicted molar refractivity (Wildman–Crippen MR) is 76.0 cm³/mol. The summed E-state index contributed by atoms with van der Waals surface area (Å²) >= 11 is 0. The summed E-state index contributed by atoms with van der Waals surface area (Å²) in [6, 6.07) is 7.34. The van der Waals surface area contributed by atoms with Gasteiger partial charge in [-0.05, 0) is 18.6 Å². The number of ether oxygens (including phenoxy) is 1. The molecule has 1 saturated heterocycles. The fourth-order valence-corrected chi connectivity index (χ4v) is 2.27. The number of aromatic nitrogens is 2. The van der Waals surface area contributed by atoms with Crippen molar-refractivity contribution in [2.24, 2.45) is 0 Å². The summed E-state index contributed by atoms with van der Waals surface area (Å²) in [5, 5.41) is 6.90. The Kier molecular flexibility index (Phi) is 3.47. The molecule has 1 fully saturated rings. The number of methoxy groups -OCH3 is 1. The van der Waals surface area contributed by atoms with Crippen molar-refractivity contribution in [3.05, 3.63) is 24.3 Å². The van der Waals surface area contributed by atoms with Crippen LogP contribution < -0.4 is 10.1 Å². The lowest BCUT2D eigenvalue weighted by Crippen LogP contribution is -2.31. The largest absolute Gasteiger partial charge is 0.497 e. The van der Waals surface area contributed by atoms with E-state index in [0.717, 1.165) is 24.3 Å². The van der Waals surface area contributed by atoms with Gasteiger partial charge in [0.15, 0.2) is 0 Å². The molecule has 1 aromatic carbocycles. The van der Waals surface area contributed by atoms with E-state index in [4.69, 9.17) is 9.26 Å². The molecular formula is C14H16N4O3. The van der Waals surface area contributed by atoms with Crippen LogP contribution in [0.1, 0.15) is 6.42 Å². The van der Waals surface area contributed by atoms with Crippen molar-refractivity contribution in [3.8, 4) is 17.1 Å². The van der Waals surface area contributed by atoms with Crippen molar-refractivity contribution in [2.75, 3.05) is 26.0 Å². The smallest absolute Gasteiger partial charge is 0.322 e. The van der Waals surface area contributed by atoms with E-state index in [1.165, 1.54) is 0 Å². The standard InChI is InChI=1S/C14H16N4O3/c1-18-7-6-11(13(18)19)15-14-16-12(17-21-14)9-4-3-5-10(8-9)20-2/h3-5,8,11H,6-7H2,1-2H3,(H,15,16,17)/t11-/m1/s1. The average molecular weight is 288 g/mol. The third-order valence-corrected chi connectivity index (χ3v) is 3.48. The second-order valence-electron chi connectivity index (χ2n) is 4.90. The molecule has 7 nitrogen and oxygen atoms in total. The molecule has 1 aliphatic rings. The van der Waals surface area contributed by atoms with Gasteiger partial charge in [0.25, 0.3) is 0 Å². The molecule has 1 amide bonds. The molecule has 2 aromatic rings. The van der Waals surface area contributed by atoms with Crippen molar-refractivity contribution in [1.82, 2.24) is 15.0 Å². The Morgan fingerprint density at radius 2 is 2.33 bits per heavy atom. The molecule has 1 atom stereocenters. The van der Waals surface area contributed by atoms with Gasteiger partial charge in [0.1, 0.15) is 11.8 Å². The highest BCUT2D eigenvalue weighted by Gasteiger charge is 2.30. The van der Waals surface area contributed by atoms with Crippen LogP contribution in [0.3, 0.4) is 0 Å². The quantitative estimate of drug-likeness (QED) is 0.915. The van der Waals surface area contributed by atoms with E-state index >= 15 is 0 Å². The average Bonchev–Trinajstić information content (AvgIpc) is 3.10. The number of nitrogens with one attached hydrogen (secondary N) is 1. The third kappa shape index (κ3) is 2.67. The number of amides is 1. The topological polar surface area (TPSA) is 80.5 Å². The minimum Gasteiger partial charge on any atom is -0.497 e. The number of hydrogen-bond donors (Lipinski definition) is 1. The highest BCUT2D eigenvalue weighted by Crippen LogP contribution is 2.23. The first-order chi connectivity index (χ1) is 10.2. The number of nitrogens with zero attached hydrogens (tertiary/aromatic N) is 3. The lowest BCUT2D eigenvalue weighted by Gasteiger charge is -2.09. The number of anilines is 1. The van der Waals surface area contributed by atoms with Gasteiger partial charge in [-0.3, -0.25) is 4.79 Å². The number of likely N-dealkylation sites (tertiary alicyclic amines) is 1. The van der Waals surface area contributed by atoms with Gasteiger partial charge in [-0.2, -0.15) is 4.98 Å². The molecule has 1 aliphatic heterocycles. The normalized spacial score (nSPS) is 18.1. The summed E-state index contributed by atoms with van der Waals surface area (Å²) in [5.74, 6) is 1.21. The van der Waals surface area contributed by atoms with Crippen LogP contribution in [-0.4, -0.2) is 47.7 Å². The lowest BCUT2D eigenvalue weighted by atomic mass is 10.2. The summed E-state index contributed by atoms with van der Waals surface area (Å²) in [5.41, 5.74) is 0.793. The molecule has 0 unspecified atom stereocenters. The molecule has 0 bridgehead atoms. The van der Waals surface area contributed by atoms with E-state index in [1.54, 1.807) is 19.1 Å². The van der Waals surface area contributed by atoms with Gasteiger partial charge >= 0.3 is 6.01 Å². The number of likely N-dealkylation sites (N-methyl/N-ethyl adjacent to an activating group) is 1. The van der Waals surface area contributed by atoms with Gasteiger partial charge < -0.3 is 19.5 Å². The van der Waals surface area contributed by atoms with E-state index in [9.17, 15) is 4.79 Å². The summed E-state index contributed by atoms with van der Waals surface area (Å²) < 4.78 is 10.3. The molecule has 110 valence electrons. The van der Waals surface area contributed by atoms with Crippen LogP contribution in [0.25, 0.3) is 11.4 Å². The Hall–Kier alpha value is -2.57. The molecule has 21 heavy (non-hydrogen) atoms. The van der Waals surface area contributed by atoms with E-state index in [1.807, 2.05) is 24.3 Å². The first kappa shape index (κ1) is 13.4. The van der Waals surface area contributed by atoms with E-state index in [2.05, 4.69) is 15.5 Å². The van der Waals surface area contributed by atoms with E-state index in [-0.39, 0.29) is 18.0 Å². The Balaban J connectivity index is 1.75. The summed E-state index contributed by atoms with van der Waals surface area (Å²) in [6.07, 6.45) is 0.728. The van der Waals surface area contributed by atoms with Crippen molar-refractivity contribution in [3.63, 3.8) is 0 Å². The van der Waals surface area contributed by atoms with Crippen LogP contribution in [-0.2, 0) is 4.79 Å². The van der Waals surface area contributed by atoms with Gasteiger partial charge in [-0.25, -0.2) is 0 Å². The minimum atomic E-state index is -0.298. The number of benzene rings is 1. The maximum Gasteiger partial charge on any atom is 0.322 e. The molecule has 1 aromatic heterocycles. The molecule has 0 radical (unpaired) electrons. The maximum atomic E-state index is 11.8. The molecule has 7 heteroatoms. The summed E-state index contributed by atoms with van der Waals surface area (Å²) in [6.45, 7) is 0.730. The monoisotopic (exact) mass is 288 g/mol. The molecule has 0 saturated carbocycles. The molecule has 0 aliphatic carbocycles. The summed E-state index contributed by atoms with van der Waals surface area (Å²) in [7, 11) is 3.38. The SMILES string of the molecule is COc1cccc(-c2noc(N[C@@H]3CCN(C)C3=O)n2)c1. The molecule has 3 rings (SSSR count). The second-order valence-corrected chi connectivity index (χ2v) is 4.90. The zero-order valence-electron chi connectivity index (χ0n) is 11.9. The van der Waals surface area contributed by atoms with E-state index in [0.29, 0.717) is 5.82 Å². The van der Waals surface area contributed by atoms with Gasteiger partial charge in [-0.15, -0.1) is 0 Å². The highest BCUT2D eigenvalue weighted by molar-refractivity contribution is 5.85. The van der Waals surface area contributed by atoms with E-state index < -0.39 is 0 Å². The second kappa shape index (κ2) is 5.43. The Bertz CT molecular complexity index is 655. The van der Waals surface area contributed by atoms with Crippen molar-refractivity contribution < 1.29 is 14.1 Å². The first-order valence-electron chi connectivity index (χ1n) is 6.67. The highest BCUT2D eigenvalue weighted by atomic mass is 16.5. The molecule has 2 heterocycles. The fourth-order valence-electron chi connectivity index (χ4n) is 2.27. The van der Waals surface area contributed by atoms with Gasteiger partial charge in [0.05, 0.1) is 7.11 Å². The zero-order chi connectivity index (χ0) is 14.8. The minimum absolute atomic E-state index is 0.0381. The first-order valence-corrected chi connectivity index (χ1v) is 6.67. The number of rotatable bonds is 4. The maximum absolute atomic E-state index is 11.8. The number of carbonyl (C=O) groups excluding carboxylic acids is 1. The Labute approximate surface area is 121 Å². The predicted octanol–water partition coefficient (Wildman–Crippen LogP) is 1.39. The van der Waals surface area contributed by atoms with Gasteiger partial charge in [0.2, 0.25) is 11.7 Å². The Morgan fingerprint density at radius 1 is 1.48 bits per heavy atom. The summed E-state index contributed by atoms with van der Waals surface area (Å²) in [4.78, 5) is 17.8. The van der Waals surface area contributed by atoms with Crippen LogP contribution >= 0.6 is 0 Å². The van der Waals surface area contributed by atoms with Crippen LogP contribution in [0.2, 0.25) is 0 Å². The van der Waals surface area contributed by atoms with Crippen molar-refractivity contribution >= 4 is 11.9 Å². The van der Waals surface area contributed by atoms with Gasteiger partial charge in [-0.1, -0.05) is 17.3 Å². The third-order valence-electron chi connectivity index (χ3n) is 3.48. The van der Waals surface area contributed by atoms with Crippen molar-refractivity contribution in [2.45, 2.75) is 12.5 Å². The molecular weight excluding hydrogens is 272 g/mol. The van der Waals surface area contributed by atoms with Crippen LogP contribution in [0.5, 0.6) is 5.75 Å². The lowest BCUT2D eigenvalue weighted by molar-refractivity contribution is -0.127. The molecule has 0 spiro atoms. The van der Waals surface area contributed by atoms with Crippen molar-refractivity contribution in [1.29, 1.82) is 0 Å². The number of carbonyl (C=O) groups is 1. The Morgan fingerprint density at radius 3 is 3.05 bits per heavy atom. The number of hydrogen-bond acceptors (Lipinski definition) is 6. The van der Waals surface area contributed by atoms with Crippen LogP contribution in [0.15, 0.2) is 28.8 Å². The van der Waals surface area contributed by atoms with Gasteiger partial charge in [0, 0.05) is 19.2 Å².